The normalized spacial score (nSPS) is 17.9. The molecule has 2 aromatic rings. The number of nitrogens with zero attached hydrogens (tertiary/aromatic N) is 1. The molecule has 1 heterocycles. The number of benzene rings is 2. The van der Waals surface area contributed by atoms with Gasteiger partial charge < -0.3 is 4.90 Å². The molecule has 0 saturated carbocycles. The molecule has 7 heteroatoms. The largest absolute Gasteiger partial charge is 0.337 e. The van der Waals surface area contributed by atoms with Crippen LogP contribution in [0.25, 0.3) is 0 Å². The molecular weight excluding hydrogens is 343 g/mol. The second-order valence-corrected chi connectivity index (χ2v) is 7.84. The summed E-state index contributed by atoms with van der Waals surface area (Å²) >= 11 is 0. The Morgan fingerprint density at radius 1 is 1.04 bits per heavy atom. The van der Waals surface area contributed by atoms with Crippen LogP contribution in [0.3, 0.4) is 0 Å². The van der Waals surface area contributed by atoms with E-state index in [4.69, 9.17) is 0 Å². The van der Waals surface area contributed by atoms with Crippen LogP contribution in [-0.2, 0) is 27.1 Å². The molecule has 1 saturated heterocycles. The van der Waals surface area contributed by atoms with Crippen LogP contribution in [0.15, 0.2) is 54.6 Å². The zero-order chi connectivity index (χ0) is 17.9. The molecule has 1 fully saturated rings. The summed E-state index contributed by atoms with van der Waals surface area (Å²) in [6, 6.07) is 14.1. The van der Waals surface area contributed by atoms with Crippen molar-refractivity contribution in [3.05, 3.63) is 71.5 Å². The molecule has 2 aromatic carbocycles. The molecule has 0 spiro atoms. The van der Waals surface area contributed by atoms with Gasteiger partial charge in [0, 0.05) is 13.1 Å². The molecule has 0 radical (unpaired) electrons. The molecule has 1 atom stereocenters. The lowest BCUT2D eigenvalue weighted by Gasteiger charge is -2.17. The van der Waals surface area contributed by atoms with E-state index in [0.29, 0.717) is 25.1 Å². The van der Waals surface area contributed by atoms with Crippen LogP contribution in [0.4, 0.5) is 4.39 Å². The van der Waals surface area contributed by atoms with Crippen LogP contribution in [0.2, 0.25) is 0 Å². The quantitative estimate of drug-likeness (QED) is 0.855. The first-order valence-electron chi connectivity index (χ1n) is 8.00. The zero-order valence-corrected chi connectivity index (χ0v) is 14.4. The number of carbonyl (C=O) groups excluding carboxylic acids is 1. The second-order valence-electron chi connectivity index (χ2n) is 6.09. The molecule has 5 nitrogen and oxygen atoms in total. The Hall–Kier alpha value is -2.25. The van der Waals surface area contributed by atoms with Gasteiger partial charge in [0.25, 0.3) is 0 Å². The van der Waals surface area contributed by atoms with Crippen molar-refractivity contribution in [3.8, 4) is 0 Å². The van der Waals surface area contributed by atoms with E-state index >= 15 is 0 Å². The smallest absolute Gasteiger partial charge is 0.241 e. The molecule has 0 unspecified atom stereocenters. The van der Waals surface area contributed by atoms with Crippen LogP contribution in [0.5, 0.6) is 0 Å². The van der Waals surface area contributed by atoms with Gasteiger partial charge in [0.15, 0.2) is 0 Å². The standard InChI is InChI=1S/C18H19FN2O3S/c19-16-8-6-15(7-9-16)13-25(23,24)20-17-10-11-21(18(17)22)12-14-4-2-1-3-5-14/h1-9,17,20H,10-13H2/t17-/m0/s1. The molecular formula is C18H19FN2O3S. The van der Waals surface area contributed by atoms with Gasteiger partial charge in [-0.15, -0.1) is 0 Å². The summed E-state index contributed by atoms with van der Waals surface area (Å²) in [5.41, 5.74) is 1.48. The van der Waals surface area contributed by atoms with E-state index in [0.717, 1.165) is 5.56 Å². The first kappa shape index (κ1) is 17.6. The van der Waals surface area contributed by atoms with Gasteiger partial charge in [0.05, 0.1) is 5.75 Å². The number of nitrogens with one attached hydrogen (secondary N) is 1. The summed E-state index contributed by atoms with van der Waals surface area (Å²) < 4.78 is 39.9. The number of likely N-dealkylation sites (tertiary alicyclic amines) is 1. The van der Waals surface area contributed by atoms with Gasteiger partial charge in [0.1, 0.15) is 11.9 Å². The van der Waals surface area contributed by atoms with E-state index in [2.05, 4.69) is 4.72 Å². The highest BCUT2D eigenvalue weighted by atomic mass is 32.2. The lowest BCUT2D eigenvalue weighted by Crippen LogP contribution is -2.41. The maximum Gasteiger partial charge on any atom is 0.241 e. The Balaban J connectivity index is 1.61. The van der Waals surface area contributed by atoms with E-state index in [9.17, 15) is 17.6 Å². The van der Waals surface area contributed by atoms with Crippen LogP contribution >= 0.6 is 0 Å². The maximum atomic E-state index is 12.9. The Morgan fingerprint density at radius 3 is 2.40 bits per heavy atom. The van der Waals surface area contributed by atoms with Crippen molar-refractivity contribution in [1.29, 1.82) is 0 Å². The van der Waals surface area contributed by atoms with Crippen LogP contribution < -0.4 is 4.72 Å². The number of carbonyl (C=O) groups is 1. The van der Waals surface area contributed by atoms with E-state index in [1.807, 2.05) is 30.3 Å². The fraction of sp³-hybridized carbons (Fsp3) is 0.278. The summed E-state index contributed by atoms with van der Waals surface area (Å²) in [5, 5.41) is 0. The van der Waals surface area contributed by atoms with Crippen molar-refractivity contribution in [3.63, 3.8) is 0 Å². The van der Waals surface area contributed by atoms with Gasteiger partial charge in [-0.1, -0.05) is 42.5 Å². The SMILES string of the molecule is O=C1[C@@H](NS(=O)(=O)Cc2ccc(F)cc2)CCN1Cc1ccccc1. The van der Waals surface area contributed by atoms with Crippen molar-refractivity contribution in [2.24, 2.45) is 0 Å². The minimum atomic E-state index is -3.68. The lowest BCUT2D eigenvalue weighted by molar-refractivity contribution is -0.129. The third-order valence-electron chi connectivity index (χ3n) is 4.11. The minimum absolute atomic E-state index is 0.216. The topological polar surface area (TPSA) is 66.5 Å². The number of sulfonamides is 1. The van der Waals surface area contributed by atoms with Crippen LogP contribution in [0.1, 0.15) is 17.5 Å². The van der Waals surface area contributed by atoms with Gasteiger partial charge in [-0.2, -0.15) is 0 Å². The van der Waals surface area contributed by atoms with Gasteiger partial charge in [-0.3, -0.25) is 4.79 Å². The molecule has 1 N–H and O–H groups in total. The van der Waals surface area contributed by atoms with E-state index in [-0.39, 0.29) is 11.7 Å². The highest BCUT2D eigenvalue weighted by molar-refractivity contribution is 7.88. The highest BCUT2D eigenvalue weighted by Crippen LogP contribution is 2.17. The molecule has 0 aromatic heterocycles. The number of amides is 1. The molecule has 1 aliphatic heterocycles. The number of rotatable bonds is 6. The number of hydrogen-bond acceptors (Lipinski definition) is 3. The molecule has 1 amide bonds. The average molecular weight is 362 g/mol. The summed E-state index contributed by atoms with van der Waals surface area (Å²) in [7, 11) is -3.68. The third kappa shape index (κ3) is 4.64. The monoisotopic (exact) mass is 362 g/mol. The Morgan fingerprint density at radius 2 is 1.72 bits per heavy atom. The molecule has 0 aliphatic carbocycles. The third-order valence-corrected chi connectivity index (χ3v) is 5.46. The second kappa shape index (κ2) is 7.33. The van der Waals surface area contributed by atoms with Crippen molar-refractivity contribution >= 4 is 15.9 Å². The fourth-order valence-corrected chi connectivity index (χ4v) is 4.23. The molecule has 132 valence electrons. The predicted molar refractivity (Wildman–Crippen MR) is 92.4 cm³/mol. The average Bonchev–Trinajstić information content (AvgIpc) is 2.90. The van der Waals surface area contributed by atoms with Crippen molar-refractivity contribution in [1.82, 2.24) is 9.62 Å². The molecule has 3 rings (SSSR count). The molecule has 25 heavy (non-hydrogen) atoms. The van der Waals surface area contributed by atoms with Gasteiger partial charge >= 0.3 is 0 Å². The van der Waals surface area contributed by atoms with Gasteiger partial charge in [-0.05, 0) is 29.7 Å². The van der Waals surface area contributed by atoms with Gasteiger partial charge in [-0.25, -0.2) is 17.5 Å². The zero-order valence-electron chi connectivity index (χ0n) is 13.6. The minimum Gasteiger partial charge on any atom is -0.337 e. The van der Waals surface area contributed by atoms with Crippen molar-refractivity contribution in [2.75, 3.05) is 6.54 Å². The Kier molecular flexibility index (Phi) is 5.15. The predicted octanol–water partition coefficient (Wildman–Crippen LogP) is 2.05. The molecule has 1 aliphatic rings. The number of hydrogen-bond donors (Lipinski definition) is 1. The first-order valence-corrected chi connectivity index (χ1v) is 9.65. The van der Waals surface area contributed by atoms with E-state index < -0.39 is 21.9 Å². The fourth-order valence-electron chi connectivity index (χ4n) is 2.87. The summed E-state index contributed by atoms with van der Waals surface area (Å²) in [5.74, 6) is -0.918. The summed E-state index contributed by atoms with van der Waals surface area (Å²) in [4.78, 5) is 14.1. The molecule has 0 bridgehead atoms. The first-order chi connectivity index (χ1) is 11.9. The lowest BCUT2D eigenvalue weighted by atomic mass is 10.2. The van der Waals surface area contributed by atoms with Crippen LogP contribution in [0, 0.1) is 5.82 Å². The van der Waals surface area contributed by atoms with Crippen molar-refractivity contribution in [2.45, 2.75) is 24.8 Å². The summed E-state index contributed by atoms with van der Waals surface area (Å²) in [6.07, 6.45) is 0.439. The summed E-state index contributed by atoms with van der Waals surface area (Å²) in [6.45, 7) is 0.979. The Labute approximate surface area is 146 Å². The van der Waals surface area contributed by atoms with Gasteiger partial charge in [0.2, 0.25) is 15.9 Å². The number of halogens is 1. The highest BCUT2D eigenvalue weighted by Gasteiger charge is 2.34. The Bertz CT molecular complexity index is 838. The van der Waals surface area contributed by atoms with Crippen LogP contribution in [-0.4, -0.2) is 31.8 Å². The van der Waals surface area contributed by atoms with E-state index in [1.165, 1.54) is 24.3 Å². The van der Waals surface area contributed by atoms with Crippen molar-refractivity contribution < 1.29 is 17.6 Å². The van der Waals surface area contributed by atoms with E-state index in [1.54, 1.807) is 4.90 Å². The maximum absolute atomic E-state index is 12.9.